The Morgan fingerprint density at radius 1 is 1.27 bits per heavy atom. The van der Waals surface area contributed by atoms with Gasteiger partial charge in [0.2, 0.25) is 5.13 Å². The zero-order chi connectivity index (χ0) is 18.5. The van der Waals surface area contributed by atoms with Crippen LogP contribution in [-0.4, -0.2) is 21.1 Å². The minimum atomic E-state index is -0.393. The minimum Gasteiger partial charge on any atom is -0.296 e. The van der Waals surface area contributed by atoms with Crippen molar-refractivity contribution in [2.75, 3.05) is 5.32 Å². The van der Waals surface area contributed by atoms with Crippen LogP contribution in [-0.2, 0) is 5.75 Å². The summed E-state index contributed by atoms with van der Waals surface area (Å²) in [6, 6.07) is 10.9. The van der Waals surface area contributed by atoms with Crippen molar-refractivity contribution in [3.8, 4) is 6.07 Å². The Bertz CT molecular complexity index is 985. The molecule has 0 atom stereocenters. The van der Waals surface area contributed by atoms with Gasteiger partial charge in [0.1, 0.15) is 5.15 Å². The highest BCUT2D eigenvalue weighted by Gasteiger charge is 2.13. The summed E-state index contributed by atoms with van der Waals surface area (Å²) in [6.07, 6.45) is 1.34. The maximum absolute atomic E-state index is 12.2. The molecule has 0 radical (unpaired) electrons. The molecule has 0 saturated carbocycles. The van der Waals surface area contributed by atoms with Crippen LogP contribution in [0.25, 0.3) is 0 Å². The van der Waals surface area contributed by atoms with Gasteiger partial charge in [0, 0.05) is 11.9 Å². The first-order chi connectivity index (χ1) is 12.5. The van der Waals surface area contributed by atoms with Gasteiger partial charge >= 0.3 is 0 Å². The van der Waals surface area contributed by atoms with Gasteiger partial charge in [-0.15, -0.1) is 10.2 Å². The number of carbonyl (C=O) groups excluding carboxylic acids is 1. The predicted molar refractivity (Wildman–Crippen MR) is 103 cm³/mol. The van der Waals surface area contributed by atoms with Crippen molar-refractivity contribution in [2.45, 2.75) is 10.1 Å². The van der Waals surface area contributed by atoms with Gasteiger partial charge in [0.05, 0.1) is 22.2 Å². The summed E-state index contributed by atoms with van der Waals surface area (Å²) in [4.78, 5) is 16.0. The second kappa shape index (κ2) is 8.47. The van der Waals surface area contributed by atoms with E-state index in [9.17, 15) is 4.79 Å². The molecule has 3 rings (SSSR count). The Balaban J connectivity index is 1.59. The van der Waals surface area contributed by atoms with E-state index in [0.717, 1.165) is 9.90 Å². The maximum Gasteiger partial charge on any atom is 0.259 e. The lowest BCUT2D eigenvalue weighted by Gasteiger charge is -2.02. The Morgan fingerprint density at radius 2 is 2.04 bits per heavy atom. The number of pyridine rings is 1. The quantitative estimate of drug-likeness (QED) is 0.365. The van der Waals surface area contributed by atoms with E-state index in [-0.39, 0.29) is 15.7 Å². The Hall–Kier alpha value is -2.18. The van der Waals surface area contributed by atoms with E-state index in [0.29, 0.717) is 16.4 Å². The van der Waals surface area contributed by atoms with Crippen molar-refractivity contribution in [2.24, 2.45) is 0 Å². The number of nitriles is 1. The van der Waals surface area contributed by atoms with Gasteiger partial charge in [-0.2, -0.15) is 5.26 Å². The third-order valence-electron chi connectivity index (χ3n) is 3.13. The number of carbonyl (C=O) groups is 1. The highest BCUT2D eigenvalue weighted by atomic mass is 35.5. The number of benzene rings is 1. The van der Waals surface area contributed by atoms with Gasteiger partial charge < -0.3 is 0 Å². The maximum atomic E-state index is 12.2. The summed E-state index contributed by atoms with van der Waals surface area (Å²) >= 11 is 14.4. The molecule has 2 aromatic heterocycles. The highest BCUT2D eigenvalue weighted by Crippen LogP contribution is 2.29. The van der Waals surface area contributed by atoms with E-state index in [1.54, 1.807) is 12.1 Å². The molecule has 0 aliphatic carbocycles. The Morgan fingerprint density at radius 3 is 2.73 bits per heavy atom. The number of anilines is 1. The lowest BCUT2D eigenvalue weighted by Crippen LogP contribution is -2.12. The molecule has 0 fully saturated rings. The number of amides is 1. The molecule has 1 N–H and O–H groups in total. The van der Waals surface area contributed by atoms with Crippen LogP contribution >= 0.6 is 46.3 Å². The Kier molecular flexibility index (Phi) is 6.06. The van der Waals surface area contributed by atoms with E-state index >= 15 is 0 Å². The lowest BCUT2D eigenvalue weighted by molar-refractivity contribution is 0.102. The molecule has 0 aliphatic rings. The van der Waals surface area contributed by atoms with Crippen LogP contribution in [0.1, 0.15) is 21.5 Å². The lowest BCUT2D eigenvalue weighted by atomic mass is 10.2. The molecule has 1 aromatic carbocycles. The number of nitrogens with zero attached hydrogens (tertiary/aromatic N) is 4. The largest absolute Gasteiger partial charge is 0.296 e. The van der Waals surface area contributed by atoms with Crippen molar-refractivity contribution < 1.29 is 4.79 Å². The van der Waals surface area contributed by atoms with Gasteiger partial charge in [-0.1, -0.05) is 58.4 Å². The molecule has 3 aromatic rings. The van der Waals surface area contributed by atoms with Gasteiger partial charge in [0.25, 0.3) is 5.91 Å². The molecule has 1 amide bonds. The molecule has 0 saturated heterocycles. The third kappa shape index (κ3) is 4.71. The van der Waals surface area contributed by atoms with Gasteiger partial charge in [-0.05, 0) is 23.8 Å². The minimum absolute atomic E-state index is 0.139. The smallest absolute Gasteiger partial charge is 0.259 e. The zero-order valence-electron chi connectivity index (χ0n) is 12.9. The first-order valence-corrected chi connectivity index (χ1v) is 9.68. The molecular weight excluding hydrogens is 413 g/mol. The topological polar surface area (TPSA) is 91.6 Å². The second-order valence-corrected chi connectivity index (χ2v) is 7.89. The summed E-state index contributed by atoms with van der Waals surface area (Å²) in [5, 5.41) is 20.2. The predicted octanol–water partition coefficient (Wildman–Crippen LogP) is 4.66. The molecule has 0 spiro atoms. The van der Waals surface area contributed by atoms with Crippen LogP contribution in [0.15, 0.2) is 40.9 Å². The van der Waals surface area contributed by atoms with E-state index < -0.39 is 5.91 Å². The highest BCUT2D eigenvalue weighted by molar-refractivity contribution is 8.00. The molecule has 0 aliphatic heterocycles. The number of hydrogen-bond acceptors (Lipinski definition) is 7. The van der Waals surface area contributed by atoms with Crippen molar-refractivity contribution >= 4 is 57.3 Å². The first-order valence-electron chi connectivity index (χ1n) is 7.13. The number of halogens is 2. The molecule has 6 nitrogen and oxygen atoms in total. The van der Waals surface area contributed by atoms with E-state index in [4.69, 9.17) is 28.5 Å². The van der Waals surface area contributed by atoms with Gasteiger partial charge in [0.15, 0.2) is 4.34 Å². The summed E-state index contributed by atoms with van der Waals surface area (Å²) in [7, 11) is 0. The summed E-state index contributed by atoms with van der Waals surface area (Å²) in [5.74, 6) is 0.293. The first kappa shape index (κ1) is 18.6. The molecule has 0 bridgehead atoms. The summed E-state index contributed by atoms with van der Waals surface area (Å²) in [5.41, 5.74) is 1.97. The standard InChI is InChI=1S/C16H9Cl2N5OS2/c17-12-5-11(7-20-13(12)18)14(24)21-15-22-23-16(26-15)25-8-10-3-1-9(6-19)2-4-10/h1-5,7H,8H2,(H,21,22,24). The van der Waals surface area contributed by atoms with Crippen LogP contribution in [0.4, 0.5) is 5.13 Å². The fraction of sp³-hybridized carbons (Fsp3) is 0.0625. The SMILES string of the molecule is N#Cc1ccc(CSc2nnc(NC(=O)c3cnc(Cl)c(Cl)c3)s2)cc1. The monoisotopic (exact) mass is 421 g/mol. The van der Waals surface area contributed by atoms with Crippen molar-refractivity contribution in [1.29, 1.82) is 5.26 Å². The molecule has 130 valence electrons. The number of aromatic nitrogens is 3. The fourth-order valence-corrected chi connectivity index (χ4v) is 3.83. The van der Waals surface area contributed by atoms with Crippen molar-refractivity contribution in [3.63, 3.8) is 0 Å². The molecular formula is C16H9Cl2N5OS2. The zero-order valence-corrected chi connectivity index (χ0v) is 16.1. The number of rotatable bonds is 5. The molecule has 26 heavy (non-hydrogen) atoms. The normalized spacial score (nSPS) is 10.3. The van der Waals surface area contributed by atoms with Crippen molar-refractivity contribution in [1.82, 2.24) is 15.2 Å². The molecule has 0 unspecified atom stereocenters. The summed E-state index contributed by atoms with van der Waals surface area (Å²) in [6.45, 7) is 0. The third-order valence-corrected chi connectivity index (χ3v) is 5.86. The average Bonchev–Trinajstić information content (AvgIpc) is 3.10. The summed E-state index contributed by atoms with van der Waals surface area (Å²) < 4.78 is 0.719. The number of hydrogen-bond donors (Lipinski definition) is 1. The van der Waals surface area contributed by atoms with Gasteiger partial charge in [-0.3, -0.25) is 10.1 Å². The van der Waals surface area contributed by atoms with Crippen LogP contribution < -0.4 is 5.32 Å². The van der Waals surface area contributed by atoms with Crippen LogP contribution in [0.3, 0.4) is 0 Å². The van der Waals surface area contributed by atoms with E-state index in [1.807, 2.05) is 12.1 Å². The van der Waals surface area contributed by atoms with Gasteiger partial charge in [-0.25, -0.2) is 4.98 Å². The van der Waals surface area contributed by atoms with Crippen LogP contribution in [0.2, 0.25) is 10.2 Å². The average molecular weight is 422 g/mol. The van der Waals surface area contributed by atoms with Crippen molar-refractivity contribution in [3.05, 3.63) is 63.4 Å². The Labute approximate surface area is 167 Å². The number of thioether (sulfide) groups is 1. The second-order valence-electron chi connectivity index (χ2n) is 4.92. The van der Waals surface area contributed by atoms with Crippen LogP contribution in [0.5, 0.6) is 0 Å². The molecule has 10 heteroatoms. The van der Waals surface area contributed by atoms with E-state index in [1.165, 1.54) is 35.4 Å². The number of nitrogens with one attached hydrogen (secondary N) is 1. The molecule has 2 heterocycles. The van der Waals surface area contributed by atoms with E-state index in [2.05, 4.69) is 26.6 Å². The van der Waals surface area contributed by atoms with Crippen LogP contribution in [0, 0.1) is 11.3 Å². The fourth-order valence-electron chi connectivity index (χ4n) is 1.85.